The van der Waals surface area contributed by atoms with Gasteiger partial charge in [0, 0.05) is 49.4 Å². The summed E-state index contributed by atoms with van der Waals surface area (Å²) in [5, 5.41) is 3.21. The van der Waals surface area contributed by atoms with Crippen molar-refractivity contribution in [3.8, 4) is 0 Å². The van der Waals surface area contributed by atoms with Gasteiger partial charge in [-0.25, -0.2) is 0 Å². The maximum Gasteiger partial charge on any atom is 0.251 e. The molecule has 2 fully saturated rings. The SMILES string of the molecule is CCC(=O)N1CCc2cc(C(=O)NC3CCN(C4CC4)CC3)ccc21. The third kappa shape index (κ3) is 3.43. The van der Waals surface area contributed by atoms with Crippen molar-refractivity contribution in [3.63, 3.8) is 0 Å². The molecule has 134 valence electrons. The van der Waals surface area contributed by atoms with Gasteiger partial charge in [-0.05, 0) is 55.9 Å². The molecular weight excluding hydrogens is 314 g/mol. The summed E-state index contributed by atoms with van der Waals surface area (Å²) in [5.41, 5.74) is 2.80. The van der Waals surface area contributed by atoms with Gasteiger partial charge in [0.05, 0.1) is 0 Å². The summed E-state index contributed by atoms with van der Waals surface area (Å²) in [6, 6.07) is 6.86. The molecule has 1 saturated heterocycles. The van der Waals surface area contributed by atoms with E-state index in [9.17, 15) is 9.59 Å². The number of hydrogen-bond acceptors (Lipinski definition) is 3. The van der Waals surface area contributed by atoms with Crippen LogP contribution in [0.5, 0.6) is 0 Å². The highest BCUT2D eigenvalue weighted by atomic mass is 16.2. The van der Waals surface area contributed by atoms with Crippen LogP contribution in [0.4, 0.5) is 5.69 Å². The van der Waals surface area contributed by atoms with E-state index in [0.29, 0.717) is 12.0 Å². The van der Waals surface area contributed by atoms with Gasteiger partial charge in [-0.1, -0.05) is 6.92 Å². The van der Waals surface area contributed by atoms with Crippen molar-refractivity contribution in [1.82, 2.24) is 10.2 Å². The van der Waals surface area contributed by atoms with Crippen LogP contribution >= 0.6 is 0 Å². The molecule has 5 heteroatoms. The zero-order valence-corrected chi connectivity index (χ0v) is 15.0. The normalized spacial score (nSPS) is 21.2. The molecule has 1 aromatic rings. The summed E-state index contributed by atoms with van der Waals surface area (Å²) in [5.74, 6) is 0.173. The van der Waals surface area contributed by atoms with Gasteiger partial charge in [0.25, 0.3) is 5.91 Å². The lowest BCUT2D eigenvalue weighted by Gasteiger charge is -2.32. The Bertz CT molecular complexity index is 676. The Morgan fingerprint density at radius 1 is 1.12 bits per heavy atom. The molecule has 0 spiro atoms. The minimum absolute atomic E-state index is 0.0212. The summed E-state index contributed by atoms with van der Waals surface area (Å²) in [7, 11) is 0. The van der Waals surface area contributed by atoms with Crippen LogP contribution in [0.15, 0.2) is 18.2 Å². The van der Waals surface area contributed by atoms with Gasteiger partial charge in [0.15, 0.2) is 0 Å². The number of carbonyl (C=O) groups is 2. The van der Waals surface area contributed by atoms with Gasteiger partial charge in [0.1, 0.15) is 0 Å². The van der Waals surface area contributed by atoms with Crippen LogP contribution in [0.2, 0.25) is 0 Å². The van der Waals surface area contributed by atoms with E-state index in [1.807, 2.05) is 30.0 Å². The number of benzene rings is 1. The molecule has 1 N–H and O–H groups in total. The topological polar surface area (TPSA) is 52.7 Å². The van der Waals surface area contributed by atoms with Crippen molar-refractivity contribution in [2.45, 2.75) is 57.5 Å². The molecule has 2 amide bonds. The molecule has 5 nitrogen and oxygen atoms in total. The van der Waals surface area contributed by atoms with Crippen LogP contribution in [0.25, 0.3) is 0 Å². The highest BCUT2D eigenvalue weighted by Gasteiger charge is 2.32. The molecule has 25 heavy (non-hydrogen) atoms. The van der Waals surface area contributed by atoms with Crippen molar-refractivity contribution in [2.24, 2.45) is 0 Å². The average Bonchev–Trinajstić information content (AvgIpc) is 3.40. The van der Waals surface area contributed by atoms with E-state index >= 15 is 0 Å². The summed E-state index contributed by atoms with van der Waals surface area (Å²) in [6.45, 7) is 4.82. The van der Waals surface area contributed by atoms with Gasteiger partial charge in [-0.15, -0.1) is 0 Å². The zero-order chi connectivity index (χ0) is 17.4. The smallest absolute Gasteiger partial charge is 0.251 e. The number of rotatable bonds is 4. The van der Waals surface area contributed by atoms with Crippen LogP contribution in [0.1, 0.15) is 54.9 Å². The minimum Gasteiger partial charge on any atom is -0.349 e. The van der Waals surface area contributed by atoms with Crippen LogP contribution in [-0.4, -0.2) is 48.4 Å². The fraction of sp³-hybridized carbons (Fsp3) is 0.600. The lowest BCUT2D eigenvalue weighted by atomic mass is 10.0. The Labute approximate surface area is 149 Å². The zero-order valence-electron chi connectivity index (χ0n) is 15.0. The lowest BCUT2D eigenvalue weighted by molar-refractivity contribution is -0.118. The number of piperidine rings is 1. The van der Waals surface area contributed by atoms with E-state index in [1.54, 1.807) is 0 Å². The molecular formula is C20H27N3O2. The molecule has 0 radical (unpaired) electrons. The molecule has 2 aliphatic heterocycles. The number of anilines is 1. The molecule has 0 bridgehead atoms. The molecule has 1 saturated carbocycles. The maximum atomic E-state index is 12.6. The van der Waals surface area contributed by atoms with E-state index in [4.69, 9.17) is 0 Å². The Balaban J connectivity index is 1.37. The van der Waals surface area contributed by atoms with Crippen molar-refractivity contribution in [3.05, 3.63) is 29.3 Å². The molecule has 3 aliphatic rings. The largest absolute Gasteiger partial charge is 0.349 e. The van der Waals surface area contributed by atoms with Gasteiger partial charge in [-0.2, -0.15) is 0 Å². The van der Waals surface area contributed by atoms with E-state index in [-0.39, 0.29) is 17.9 Å². The monoisotopic (exact) mass is 341 g/mol. The standard InChI is InChI=1S/C20H27N3O2/c1-2-19(24)23-12-7-14-13-15(3-6-18(14)23)20(25)21-16-8-10-22(11-9-16)17-4-5-17/h3,6,13,16-17H,2,4-5,7-12H2,1H3,(H,21,25). The van der Waals surface area contributed by atoms with Gasteiger partial charge in [-0.3, -0.25) is 9.59 Å². The first-order chi connectivity index (χ1) is 12.2. The number of carbonyl (C=O) groups excluding carboxylic acids is 2. The number of hydrogen-bond donors (Lipinski definition) is 1. The van der Waals surface area contributed by atoms with Crippen LogP contribution in [0, 0.1) is 0 Å². The minimum atomic E-state index is 0.0212. The number of likely N-dealkylation sites (tertiary alicyclic amines) is 1. The predicted molar refractivity (Wildman–Crippen MR) is 97.9 cm³/mol. The van der Waals surface area contributed by atoms with Crippen LogP contribution in [-0.2, 0) is 11.2 Å². The highest BCUT2D eigenvalue weighted by Crippen LogP contribution is 2.30. The quantitative estimate of drug-likeness (QED) is 0.915. The Kier molecular flexibility index (Phi) is 4.50. The molecule has 1 aromatic carbocycles. The molecule has 4 rings (SSSR count). The van der Waals surface area contributed by atoms with E-state index in [0.717, 1.165) is 56.2 Å². The van der Waals surface area contributed by atoms with Gasteiger partial charge < -0.3 is 15.1 Å². The van der Waals surface area contributed by atoms with Gasteiger partial charge >= 0.3 is 0 Å². The molecule has 0 aromatic heterocycles. The van der Waals surface area contributed by atoms with E-state index < -0.39 is 0 Å². The van der Waals surface area contributed by atoms with Crippen molar-refractivity contribution < 1.29 is 9.59 Å². The third-order valence-electron chi connectivity index (χ3n) is 5.77. The molecule has 0 atom stereocenters. The highest BCUT2D eigenvalue weighted by molar-refractivity contribution is 5.98. The summed E-state index contributed by atoms with van der Waals surface area (Å²) in [6.07, 6.45) is 6.15. The first-order valence-corrected chi connectivity index (χ1v) is 9.64. The molecule has 1 aliphatic carbocycles. The number of nitrogens with one attached hydrogen (secondary N) is 1. The number of fused-ring (bicyclic) bond motifs is 1. The van der Waals surface area contributed by atoms with Crippen molar-refractivity contribution in [2.75, 3.05) is 24.5 Å². The van der Waals surface area contributed by atoms with Crippen LogP contribution < -0.4 is 10.2 Å². The second-order valence-electron chi connectivity index (χ2n) is 7.51. The summed E-state index contributed by atoms with van der Waals surface area (Å²) >= 11 is 0. The Morgan fingerprint density at radius 3 is 2.56 bits per heavy atom. The first-order valence-electron chi connectivity index (χ1n) is 9.64. The number of nitrogens with zero attached hydrogens (tertiary/aromatic N) is 2. The average molecular weight is 341 g/mol. The fourth-order valence-corrected chi connectivity index (χ4v) is 4.11. The van der Waals surface area contributed by atoms with Crippen molar-refractivity contribution in [1.29, 1.82) is 0 Å². The summed E-state index contributed by atoms with van der Waals surface area (Å²) < 4.78 is 0. The Hall–Kier alpha value is -1.88. The number of amides is 2. The molecule has 0 unspecified atom stereocenters. The summed E-state index contributed by atoms with van der Waals surface area (Å²) in [4.78, 5) is 29.0. The second kappa shape index (κ2) is 6.79. The van der Waals surface area contributed by atoms with Crippen molar-refractivity contribution >= 4 is 17.5 Å². The van der Waals surface area contributed by atoms with E-state index in [1.165, 1.54) is 12.8 Å². The molecule has 2 heterocycles. The Morgan fingerprint density at radius 2 is 1.88 bits per heavy atom. The van der Waals surface area contributed by atoms with E-state index in [2.05, 4.69) is 10.2 Å². The lowest BCUT2D eigenvalue weighted by Crippen LogP contribution is -2.45. The first kappa shape index (κ1) is 16.6. The third-order valence-corrected chi connectivity index (χ3v) is 5.77. The van der Waals surface area contributed by atoms with Gasteiger partial charge in [0.2, 0.25) is 5.91 Å². The second-order valence-corrected chi connectivity index (χ2v) is 7.51. The fourth-order valence-electron chi connectivity index (χ4n) is 4.11. The maximum absolute atomic E-state index is 12.6. The van der Waals surface area contributed by atoms with Crippen LogP contribution in [0.3, 0.4) is 0 Å². The predicted octanol–water partition coefficient (Wildman–Crippen LogP) is 2.34.